The average Bonchev–Trinajstić information content (AvgIpc) is 3.04. The fourth-order valence-electron chi connectivity index (χ4n) is 4.72. The van der Waals surface area contributed by atoms with Crippen LogP contribution in [-0.4, -0.2) is 50.4 Å². The Hall–Kier alpha value is -5.08. The van der Waals surface area contributed by atoms with Gasteiger partial charge in [0.1, 0.15) is 6.61 Å². The van der Waals surface area contributed by atoms with Crippen LogP contribution in [-0.2, 0) is 4.74 Å². The first-order valence-corrected chi connectivity index (χ1v) is 14.0. The summed E-state index contributed by atoms with van der Waals surface area (Å²) in [7, 11) is 0. The van der Waals surface area contributed by atoms with Gasteiger partial charge in [-0.05, 0) is 66.6 Å². The average molecular weight is 562 g/mol. The molecule has 4 aromatic rings. The van der Waals surface area contributed by atoms with E-state index in [-0.39, 0.29) is 6.61 Å². The SMILES string of the molecule is C=COCCN(/N=C/c1ccc2c(c1)Oc1cc(/C=N/N(CCO)c3ccccc3)ccc1N2CC)c1ccccc1. The van der Waals surface area contributed by atoms with Crippen LogP contribution in [0.2, 0.25) is 0 Å². The van der Waals surface area contributed by atoms with Gasteiger partial charge >= 0.3 is 0 Å². The van der Waals surface area contributed by atoms with Crippen molar-refractivity contribution in [2.75, 3.05) is 47.8 Å². The molecule has 1 aliphatic heterocycles. The Bertz CT molecular complexity index is 1530. The molecule has 0 saturated carbocycles. The number of ether oxygens (including phenoxy) is 2. The number of benzene rings is 4. The lowest BCUT2D eigenvalue weighted by Gasteiger charge is -2.32. The van der Waals surface area contributed by atoms with E-state index in [1.807, 2.05) is 96.2 Å². The van der Waals surface area contributed by atoms with Gasteiger partial charge in [-0.1, -0.05) is 55.1 Å². The van der Waals surface area contributed by atoms with Crippen molar-refractivity contribution in [2.45, 2.75) is 6.92 Å². The minimum atomic E-state index is -0.000869. The maximum atomic E-state index is 9.54. The first-order valence-electron chi connectivity index (χ1n) is 14.0. The quantitative estimate of drug-likeness (QED) is 0.0839. The van der Waals surface area contributed by atoms with Crippen LogP contribution in [0.1, 0.15) is 18.1 Å². The highest BCUT2D eigenvalue weighted by atomic mass is 16.5. The normalized spacial score (nSPS) is 12.1. The van der Waals surface area contributed by atoms with Crippen LogP contribution in [0.3, 0.4) is 0 Å². The highest BCUT2D eigenvalue weighted by Crippen LogP contribution is 2.46. The van der Waals surface area contributed by atoms with Crippen molar-refractivity contribution in [3.8, 4) is 11.5 Å². The second-order valence-corrected chi connectivity index (χ2v) is 9.47. The fourth-order valence-corrected chi connectivity index (χ4v) is 4.72. The molecule has 4 aromatic carbocycles. The molecule has 8 heteroatoms. The van der Waals surface area contributed by atoms with E-state index >= 15 is 0 Å². The van der Waals surface area contributed by atoms with E-state index in [4.69, 9.17) is 14.6 Å². The summed E-state index contributed by atoms with van der Waals surface area (Å²) in [5, 5.41) is 22.6. The molecule has 0 bridgehead atoms. The summed E-state index contributed by atoms with van der Waals surface area (Å²) in [6.45, 7) is 7.98. The summed E-state index contributed by atoms with van der Waals surface area (Å²) in [5.41, 5.74) is 5.69. The number of hydrogen-bond donors (Lipinski definition) is 1. The van der Waals surface area contributed by atoms with E-state index in [0.717, 1.165) is 51.9 Å². The van der Waals surface area contributed by atoms with Gasteiger partial charge in [-0.25, -0.2) is 0 Å². The van der Waals surface area contributed by atoms with Crippen LogP contribution >= 0.6 is 0 Å². The Kier molecular flexibility index (Phi) is 9.49. The Labute approximate surface area is 247 Å². The number of hydrazone groups is 2. The number of fused-ring (bicyclic) bond motifs is 2. The maximum Gasteiger partial charge on any atom is 0.151 e. The molecular formula is C34H35N5O3. The second-order valence-electron chi connectivity index (χ2n) is 9.47. The predicted molar refractivity (Wildman–Crippen MR) is 172 cm³/mol. The Balaban J connectivity index is 1.38. The van der Waals surface area contributed by atoms with E-state index in [2.05, 4.69) is 35.6 Å². The molecule has 0 aromatic heterocycles. The highest BCUT2D eigenvalue weighted by molar-refractivity contribution is 5.88. The molecule has 42 heavy (non-hydrogen) atoms. The van der Waals surface area contributed by atoms with Crippen molar-refractivity contribution < 1.29 is 14.6 Å². The monoisotopic (exact) mass is 561 g/mol. The molecule has 8 nitrogen and oxygen atoms in total. The summed E-state index contributed by atoms with van der Waals surface area (Å²) in [4.78, 5) is 2.24. The summed E-state index contributed by atoms with van der Waals surface area (Å²) >= 11 is 0. The highest BCUT2D eigenvalue weighted by Gasteiger charge is 2.24. The maximum absolute atomic E-state index is 9.54. The third-order valence-corrected chi connectivity index (χ3v) is 6.74. The summed E-state index contributed by atoms with van der Waals surface area (Å²) < 4.78 is 11.8. The molecule has 0 spiro atoms. The topological polar surface area (TPSA) is 73.1 Å². The molecule has 0 atom stereocenters. The Morgan fingerprint density at radius 1 is 0.786 bits per heavy atom. The number of aliphatic hydroxyl groups excluding tert-OH is 1. The lowest BCUT2D eigenvalue weighted by molar-refractivity contribution is 0.258. The van der Waals surface area contributed by atoms with Crippen molar-refractivity contribution in [3.63, 3.8) is 0 Å². The minimum Gasteiger partial charge on any atom is -0.500 e. The molecule has 1 aliphatic rings. The number of aliphatic hydroxyl groups is 1. The first-order chi connectivity index (χ1) is 20.7. The van der Waals surface area contributed by atoms with E-state index in [0.29, 0.717) is 19.7 Å². The van der Waals surface area contributed by atoms with Crippen LogP contribution in [0.5, 0.6) is 11.5 Å². The number of hydrogen-bond acceptors (Lipinski definition) is 8. The van der Waals surface area contributed by atoms with Crippen molar-refractivity contribution in [1.29, 1.82) is 0 Å². The molecule has 0 aliphatic carbocycles. The van der Waals surface area contributed by atoms with E-state index in [9.17, 15) is 5.11 Å². The Morgan fingerprint density at radius 2 is 1.31 bits per heavy atom. The third kappa shape index (κ3) is 6.79. The zero-order valence-corrected chi connectivity index (χ0v) is 23.7. The van der Waals surface area contributed by atoms with Crippen LogP contribution in [0, 0.1) is 0 Å². The van der Waals surface area contributed by atoms with Gasteiger partial charge in [0, 0.05) is 6.54 Å². The van der Waals surface area contributed by atoms with Gasteiger partial charge in [-0.3, -0.25) is 10.0 Å². The standard InChI is InChI=1S/C34H35N5O3/c1-3-37-31-17-15-27(25-35-38(19-21-40)29-11-7-5-8-12-29)23-33(31)42-34-24-28(16-18-32(34)37)26-36-39(20-22-41-4-2)30-13-9-6-10-14-30/h4-18,23-26,40H,2-3,19-22H2,1H3/b35-25+,36-26+. The molecule has 0 unspecified atom stereocenters. The van der Waals surface area contributed by atoms with Gasteiger partial charge in [-0.2, -0.15) is 10.2 Å². The fraction of sp³-hybridized carbons (Fsp3) is 0.176. The summed E-state index contributed by atoms with van der Waals surface area (Å²) in [6, 6.07) is 32.0. The zero-order chi connectivity index (χ0) is 29.1. The molecule has 1 heterocycles. The predicted octanol–water partition coefficient (Wildman–Crippen LogP) is 6.78. The lowest BCUT2D eigenvalue weighted by atomic mass is 10.1. The van der Waals surface area contributed by atoms with Crippen LogP contribution in [0.4, 0.5) is 22.7 Å². The van der Waals surface area contributed by atoms with Crippen LogP contribution in [0.15, 0.2) is 120 Å². The smallest absolute Gasteiger partial charge is 0.151 e. The lowest BCUT2D eigenvalue weighted by Crippen LogP contribution is -2.22. The largest absolute Gasteiger partial charge is 0.500 e. The van der Waals surface area contributed by atoms with Gasteiger partial charge in [-0.15, -0.1) is 0 Å². The van der Waals surface area contributed by atoms with Gasteiger partial charge in [0.25, 0.3) is 0 Å². The van der Waals surface area contributed by atoms with Crippen LogP contribution in [0.25, 0.3) is 0 Å². The van der Waals surface area contributed by atoms with Crippen molar-refractivity contribution >= 4 is 35.2 Å². The van der Waals surface area contributed by atoms with Gasteiger partial charge in [0.2, 0.25) is 0 Å². The molecule has 214 valence electrons. The third-order valence-electron chi connectivity index (χ3n) is 6.74. The van der Waals surface area contributed by atoms with Crippen molar-refractivity contribution in [1.82, 2.24) is 0 Å². The second kappa shape index (κ2) is 14.0. The Morgan fingerprint density at radius 3 is 1.79 bits per heavy atom. The molecule has 0 amide bonds. The number of anilines is 4. The summed E-state index contributed by atoms with van der Waals surface area (Å²) in [5.74, 6) is 1.51. The van der Waals surface area contributed by atoms with Crippen LogP contribution < -0.4 is 19.7 Å². The molecule has 0 saturated heterocycles. The van der Waals surface area contributed by atoms with E-state index in [1.165, 1.54) is 6.26 Å². The number of para-hydroxylation sites is 2. The van der Waals surface area contributed by atoms with Gasteiger partial charge in [0.05, 0.1) is 61.1 Å². The summed E-state index contributed by atoms with van der Waals surface area (Å²) in [6.07, 6.45) is 5.06. The van der Waals surface area contributed by atoms with Crippen molar-refractivity contribution in [3.05, 3.63) is 121 Å². The number of rotatable bonds is 13. The molecule has 0 radical (unpaired) electrons. The van der Waals surface area contributed by atoms with Gasteiger partial charge < -0.3 is 19.5 Å². The van der Waals surface area contributed by atoms with Crippen molar-refractivity contribution in [2.24, 2.45) is 10.2 Å². The molecule has 1 N–H and O–H groups in total. The number of nitrogens with zero attached hydrogens (tertiary/aromatic N) is 5. The zero-order valence-electron chi connectivity index (χ0n) is 23.7. The first kappa shape index (κ1) is 28.4. The van der Waals surface area contributed by atoms with E-state index < -0.39 is 0 Å². The minimum absolute atomic E-state index is 0.000869. The molecule has 5 rings (SSSR count). The van der Waals surface area contributed by atoms with E-state index in [1.54, 1.807) is 11.2 Å². The molecule has 0 fully saturated rings. The molecular weight excluding hydrogens is 526 g/mol. The van der Waals surface area contributed by atoms with Gasteiger partial charge in [0.15, 0.2) is 11.5 Å².